The minimum Gasteiger partial charge on any atom is -0.391 e. The first-order chi connectivity index (χ1) is 10.5. The molecule has 5 nitrogen and oxygen atoms in total. The van der Waals surface area contributed by atoms with Gasteiger partial charge < -0.3 is 14.6 Å². The van der Waals surface area contributed by atoms with Gasteiger partial charge in [-0.2, -0.15) is 5.06 Å². The summed E-state index contributed by atoms with van der Waals surface area (Å²) in [4.78, 5) is 5.89. The van der Waals surface area contributed by atoms with Crippen LogP contribution in [0.4, 0.5) is 0 Å². The Bertz CT molecular complexity index is 535. The SMILES string of the molecule is CC1(C)O[C@H]2[C@@H]3CON(Cc4ccccc4)[C@@H]3[C@H](O)C[C@@H]2O1. The van der Waals surface area contributed by atoms with Crippen molar-refractivity contribution in [3.63, 3.8) is 0 Å². The summed E-state index contributed by atoms with van der Waals surface area (Å²) in [6.45, 7) is 5.13. The van der Waals surface area contributed by atoms with Gasteiger partial charge in [-0.05, 0) is 19.4 Å². The van der Waals surface area contributed by atoms with Gasteiger partial charge in [0.2, 0.25) is 0 Å². The van der Waals surface area contributed by atoms with Crippen molar-refractivity contribution in [2.24, 2.45) is 5.92 Å². The van der Waals surface area contributed by atoms with Gasteiger partial charge >= 0.3 is 0 Å². The molecule has 0 radical (unpaired) electrons. The van der Waals surface area contributed by atoms with Crippen molar-refractivity contribution in [2.45, 2.75) is 57.0 Å². The second-order valence-electron chi connectivity index (χ2n) is 6.95. The highest BCUT2D eigenvalue weighted by molar-refractivity contribution is 5.15. The van der Waals surface area contributed by atoms with E-state index in [4.69, 9.17) is 14.3 Å². The molecule has 0 amide bonds. The van der Waals surface area contributed by atoms with Gasteiger partial charge in [-0.1, -0.05) is 30.3 Å². The zero-order valence-corrected chi connectivity index (χ0v) is 13.0. The Balaban J connectivity index is 1.53. The number of hydroxylamine groups is 2. The number of benzene rings is 1. The van der Waals surface area contributed by atoms with Gasteiger partial charge in [-0.3, -0.25) is 4.84 Å². The van der Waals surface area contributed by atoms with Gasteiger partial charge in [-0.15, -0.1) is 0 Å². The monoisotopic (exact) mass is 305 g/mol. The number of nitrogens with zero attached hydrogens (tertiary/aromatic N) is 1. The molecule has 5 atom stereocenters. The van der Waals surface area contributed by atoms with Crippen LogP contribution in [0, 0.1) is 5.92 Å². The molecule has 2 aliphatic heterocycles. The molecule has 4 rings (SSSR count). The lowest BCUT2D eigenvalue weighted by molar-refractivity contribution is -0.166. The molecule has 1 aromatic rings. The molecule has 1 saturated carbocycles. The number of ether oxygens (including phenoxy) is 2. The van der Waals surface area contributed by atoms with E-state index in [1.54, 1.807) is 0 Å². The molecule has 1 N–H and O–H groups in total. The second kappa shape index (κ2) is 5.28. The van der Waals surface area contributed by atoms with E-state index in [-0.39, 0.29) is 24.2 Å². The van der Waals surface area contributed by atoms with E-state index in [1.807, 2.05) is 37.1 Å². The average molecular weight is 305 g/mol. The van der Waals surface area contributed by atoms with Crippen molar-refractivity contribution >= 4 is 0 Å². The fraction of sp³-hybridized carbons (Fsp3) is 0.647. The molecule has 0 spiro atoms. The Kier molecular flexibility index (Phi) is 3.51. The maximum atomic E-state index is 10.6. The summed E-state index contributed by atoms with van der Waals surface area (Å²) < 4.78 is 12.0. The smallest absolute Gasteiger partial charge is 0.163 e. The number of hydrogen-bond donors (Lipinski definition) is 1. The summed E-state index contributed by atoms with van der Waals surface area (Å²) in [5.41, 5.74) is 1.18. The molecule has 2 saturated heterocycles. The summed E-state index contributed by atoms with van der Waals surface area (Å²) in [6.07, 6.45) is 0.120. The van der Waals surface area contributed by atoms with Gasteiger partial charge in [0.05, 0.1) is 31.0 Å². The lowest BCUT2D eigenvalue weighted by Gasteiger charge is -2.38. The van der Waals surface area contributed by atoms with E-state index in [0.29, 0.717) is 19.6 Å². The van der Waals surface area contributed by atoms with Gasteiger partial charge in [-0.25, -0.2) is 0 Å². The number of aliphatic hydroxyl groups excluding tert-OH is 1. The number of rotatable bonds is 2. The van der Waals surface area contributed by atoms with E-state index < -0.39 is 11.9 Å². The molecule has 2 heterocycles. The third-order valence-corrected chi connectivity index (χ3v) is 4.90. The zero-order valence-electron chi connectivity index (χ0n) is 13.0. The summed E-state index contributed by atoms with van der Waals surface area (Å²) in [5.74, 6) is -0.421. The minimum absolute atomic E-state index is 0.00386. The average Bonchev–Trinajstić information content (AvgIpc) is 3.00. The Labute approximate surface area is 130 Å². The molecule has 22 heavy (non-hydrogen) atoms. The van der Waals surface area contributed by atoms with Crippen molar-refractivity contribution in [1.82, 2.24) is 5.06 Å². The normalized spacial score (nSPS) is 40.4. The van der Waals surface area contributed by atoms with E-state index in [1.165, 1.54) is 5.56 Å². The van der Waals surface area contributed by atoms with Crippen LogP contribution in [-0.2, 0) is 20.9 Å². The van der Waals surface area contributed by atoms with E-state index in [0.717, 1.165) is 0 Å². The van der Waals surface area contributed by atoms with Crippen LogP contribution in [0.15, 0.2) is 30.3 Å². The quantitative estimate of drug-likeness (QED) is 0.901. The summed E-state index contributed by atoms with van der Waals surface area (Å²) in [5, 5.41) is 12.5. The Morgan fingerprint density at radius 2 is 2.00 bits per heavy atom. The van der Waals surface area contributed by atoms with Crippen LogP contribution in [0.3, 0.4) is 0 Å². The van der Waals surface area contributed by atoms with Crippen LogP contribution in [0.1, 0.15) is 25.8 Å². The fourth-order valence-electron chi connectivity index (χ4n) is 4.05. The summed E-state index contributed by atoms with van der Waals surface area (Å²) in [7, 11) is 0. The minimum atomic E-state index is -0.573. The molecular weight excluding hydrogens is 282 g/mol. The first-order valence-electron chi connectivity index (χ1n) is 8.01. The van der Waals surface area contributed by atoms with Crippen LogP contribution in [0.25, 0.3) is 0 Å². The maximum Gasteiger partial charge on any atom is 0.163 e. The van der Waals surface area contributed by atoms with Crippen LogP contribution in [-0.4, -0.2) is 46.9 Å². The summed E-state index contributed by atoms with van der Waals surface area (Å²) >= 11 is 0. The van der Waals surface area contributed by atoms with Crippen LogP contribution in [0.5, 0.6) is 0 Å². The highest BCUT2D eigenvalue weighted by Gasteiger charge is 2.57. The third kappa shape index (κ3) is 2.47. The molecule has 1 aromatic carbocycles. The van der Waals surface area contributed by atoms with Gasteiger partial charge in [0.15, 0.2) is 5.79 Å². The summed E-state index contributed by atoms with van der Waals surface area (Å²) in [6, 6.07) is 10.2. The maximum absolute atomic E-state index is 10.6. The Morgan fingerprint density at radius 1 is 1.23 bits per heavy atom. The van der Waals surface area contributed by atoms with E-state index >= 15 is 0 Å². The molecule has 3 fully saturated rings. The standard InChI is InChI=1S/C17H23NO4/c1-17(2)21-14-8-13(19)15-12(16(14)22-17)10-20-18(15)9-11-6-4-3-5-7-11/h3-7,12-16,19H,8-10H2,1-2H3/t12-,13-,14+,15+,16+/m1/s1. The fourth-order valence-corrected chi connectivity index (χ4v) is 4.05. The van der Waals surface area contributed by atoms with Gasteiger partial charge in [0, 0.05) is 18.9 Å². The highest BCUT2D eigenvalue weighted by atomic mass is 16.8. The zero-order chi connectivity index (χ0) is 15.3. The van der Waals surface area contributed by atoms with Crippen molar-refractivity contribution in [1.29, 1.82) is 0 Å². The van der Waals surface area contributed by atoms with Crippen molar-refractivity contribution < 1.29 is 19.4 Å². The molecule has 0 aromatic heterocycles. The molecule has 0 bridgehead atoms. The molecular formula is C17H23NO4. The predicted octanol–water partition coefficient (Wildman–Crippen LogP) is 1.70. The highest BCUT2D eigenvalue weighted by Crippen LogP contribution is 2.44. The van der Waals surface area contributed by atoms with E-state index in [9.17, 15) is 5.11 Å². The molecule has 0 unspecified atom stereocenters. The number of aliphatic hydroxyl groups is 1. The van der Waals surface area contributed by atoms with Crippen LogP contribution in [0.2, 0.25) is 0 Å². The van der Waals surface area contributed by atoms with Crippen molar-refractivity contribution in [2.75, 3.05) is 6.61 Å². The topological polar surface area (TPSA) is 51.2 Å². The first-order valence-corrected chi connectivity index (χ1v) is 8.01. The predicted molar refractivity (Wildman–Crippen MR) is 79.7 cm³/mol. The molecule has 120 valence electrons. The van der Waals surface area contributed by atoms with Crippen LogP contribution >= 0.6 is 0 Å². The Morgan fingerprint density at radius 3 is 2.77 bits per heavy atom. The van der Waals surface area contributed by atoms with Gasteiger partial charge in [0.1, 0.15) is 0 Å². The second-order valence-corrected chi connectivity index (χ2v) is 6.95. The van der Waals surface area contributed by atoms with Crippen molar-refractivity contribution in [3.05, 3.63) is 35.9 Å². The molecule has 3 aliphatic rings. The lowest BCUT2D eigenvalue weighted by atomic mass is 9.79. The number of hydrogen-bond acceptors (Lipinski definition) is 5. The van der Waals surface area contributed by atoms with Crippen LogP contribution < -0.4 is 0 Å². The molecule has 5 heteroatoms. The largest absolute Gasteiger partial charge is 0.391 e. The first kappa shape index (κ1) is 14.6. The van der Waals surface area contributed by atoms with Gasteiger partial charge in [0.25, 0.3) is 0 Å². The number of fused-ring (bicyclic) bond motifs is 3. The van der Waals surface area contributed by atoms with Crippen molar-refractivity contribution in [3.8, 4) is 0 Å². The lowest BCUT2D eigenvalue weighted by Crippen LogP contribution is -2.54. The Hall–Kier alpha value is -0.980. The molecule has 1 aliphatic carbocycles. The van der Waals surface area contributed by atoms with E-state index in [2.05, 4.69) is 12.1 Å². The third-order valence-electron chi connectivity index (χ3n) is 4.90.